The summed E-state index contributed by atoms with van der Waals surface area (Å²) in [4.78, 5) is 20.9. The van der Waals surface area contributed by atoms with Crippen molar-refractivity contribution in [2.45, 2.75) is 6.42 Å². The Morgan fingerprint density at radius 3 is 2.33 bits per heavy atom. The Balaban J connectivity index is 2.50. The first-order chi connectivity index (χ1) is 7.09. The second-order valence-electron chi connectivity index (χ2n) is 2.88. The molecule has 0 aliphatic heterocycles. The average molecular weight is 209 g/mol. The van der Waals surface area contributed by atoms with E-state index in [9.17, 15) is 9.59 Å². The largest absolute Gasteiger partial charge is 0.493 e. The van der Waals surface area contributed by atoms with Crippen LogP contribution in [0.4, 0.5) is 0 Å². The van der Waals surface area contributed by atoms with Crippen molar-refractivity contribution >= 4 is 11.9 Å². The molecule has 0 spiro atoms. The van der Waals surface area contributed by atoms with Gasteiger partial charge in [-0.3, -0.25) is 9.59 Å². The summed E-state index contributed by atoms with van der Waals surface area (Å²) in [6, 6.07) is 6.20. The summed E-state index contributed by atoms with van der Waals surface area (Å²) in [5.41, 5.74) is 5.44. The number of carboxylic acids is 1. The number of carbonyl (C=O) groups excluding carboxylic acids is 1. The van der Waals surface area contributed by atoms with Gasteiger partial charge in [0, 0.05) is 5.56 Å². The zero-order valence-electron chi connectivity index (χ0n) is 7.97. The topological polar surface area (TPSA) is 89.6 Å². The average Bonchev–Trinajstić information content (AvgIpc) is 2.18. The minimum absolute atomic E-state index is 0.0580. The molecule has 0 saturated carbocycles. The maximum absolute atomic E-state index is 10.7. The molecule has 0 fully saturated rings. The molecule has 5 nitrogen and oxygen atoms in total. The second kappa shape index (κ2) is 4.99. The van der Waals surface area contributed by atoms with Crippen molar-refractivity contribution in [3.63, 3.8) is 0 Å². The summed E-state index contributed by atoms with van der Waals surface area (Å²) >= 11 is 0. The molecular formula is C10H11NO4. The van der Waals surface area contributed by atoms with E-state index in [2.05, 4.69) is 0 Å². The maximum atomic E-state index is 10.7. The molecule has 0 saturated heterocycles. The van der Waals surface area contributed by atoms with Gasteiger partial charge in [-0.2, -0.15) is 0 Å². The fraction of sp³-hybridized carbons (Fsp3) is 0.200. The lowest BCUT2D eigenvalue weighted by molar-refractivity contribution is -0.137. The molecule has 15 heavy (non-hydrogen) atoms. The van der Waals surface area contributed by atoms with E-state index in [0.29, 0.717) is 11.3 Å². The van der Waals surface area contributed by atoms with Crippen LogP contribution in [0.3, 0.4) is 0 Å². The Bertz CT molecular complexity index is 358. The van der Waals surface area contributed by atoms with Gasteiger partial charge in [0.05, 0.1) is 13.0 Å². The van der Waals surface area contributed by atoms with Gasteiger partial charge >= 0.3 is 5.97 Å². The van der Waals surface area contributed by atoms with Gasteiger partial charge in [0.25, 0.3) is 0 Å². The molecule has 0 radical (unpaired) electrons. The van der Waals surface area contributed by atoms with E-state index in [1.54, 1.807) is 12.1 Å². The first-order valence-electron chi connectivity index (χ1n) is 4.34. The quantitative estimate of drug-likeness (QED) is 0.744. The number of carbonyl (C=O) groups is 2. The van der Waals surface area contributed by atoms with Gasteiger partial charge in [-0.05, 0) is 24.3 Å². The maximum Gasteiger partial charge on any atom is 0.306 e. The summed E-state index contributed by atoms with van der Waals surface area (Å²) in [5.74, 6) is -0.905. The zero-order chi connectivity index (χ0) is 11.3. The molecule has 0 unspecified atom stereocenters. The van der Waals surface area contributed by atoms with Crippen molar-refractivity contribution in [3.8, 4) is 5.75 Å². The summed E-state index contributed by atoms with van der Waals surface area (Å²) < 4.78 is 5.12. The molecule has 5 heteroatoms. The monoisotopic (exact) mass is 209 g/mol. The molecule has 1 aromatic rings. The van der Waals surface area contributed by atoms with Crippen molar-refractivity contribution in [2.24, 2.45) is 5.73 Å². The third-order valence-corrected chi connectivity index (χ3v) is 1.72. The minimum atomic E-state index is -0.913. The number of hydrogen-bond acceptors (Lipinski definition) is 3. The van der Waals surface area contributed by atoms with Gasteiger partial charge in [-0.25, -0.2) is 0 Å². The Kier molecular flexibility index (Phi) is 3.68. The number of primary amides is 1. The molecule has 0 heterocycles. The predicted octanol–water partition coefficient (Wildman–Crippen LogP) is 0.639. The van der Waals surface area contributed by atoms with E-state index < -0.39 is 11.9 Å². The summed E-state index contributed by atoms with van der Waals surface area (Å²) in [7, 11) is 0. The van der Waals surface area contributed by atoms with Gasteiger partial charge in [-0.1, -0.05) is 0 Å². The highest BCUT2D eigenvalue weighted by Crippen LogP contribution is 2.11. The highest BCUT2D eigenvalue weighted by atomic mass is 16.5. The van der Waals surface area contributed by atoms with Gasteiger partial charge in [0.1, 0.15) is 5.75 Å². The Hall–Kier alpha value is -2.04. The Morgan fingerprint density at radius 1 is 1.27 bits per heavy atom. The first-order valence-corrected chi connectivity index (χ1v) is 4.34. The fourth-order valence-electron chi connectivity index (χ4n) is 0.972. The van der Waals surface area contributed by atoms with Gasteiger partial charge in [-0.15, -0.1) is 0 Å². The summed E-state index contributed by atoms with van der Waals surface area (Å²) in [6.07, 6.45) is -0.0580. The van der Waals surface area contributed by atoms with E-state index in [1.807, 2.05) is 0 Å². The molecule has 1 rings (SSSR count). The van der Waals surface area contributed by atoms with E-state index in [-0.39, 0.29) is 13.0 Å². The first kappa shape index (κ1) is 11.0. The highest BCUT2D eigenvalue weighted by molar-refractivity contribution is 5.92. The van der Waals surface area contributed by atoms with Crippen molar-refractivity contribution in [1.29, 1.82) is 0 Å². The van der Waals surface area contributed by atoms with Gasteiger partial charge < -0.3 is 15.6 Å². The molecule has 0 aliphatic rings. The van der Waals surface area contributed by atoms with Crippen LogP contribution < -0.4 is 10.5 Å². The van der Waals surface area contributed by atoms with Crippen LogP contribution in [-0.4, -0.2) is 23.6 Å². The second-order valence-corrected chi connectivity index (χ2v) is 2.88. The third-order valence-electron chi connectivity index (χ3n) is 1.72. The molecule has 0 atom stereocenters. The number of hydrogen-bond donors (Lipinski definition) is 2. The normalized spacial score (nSPS) is 9.60. The van der Waals surface area contributed by atoms with E-state index in [1.165, 1.54) is 12.1 Å². The molecule has 0 aromatic heterocycles. The predicted molar refractivity (Wildman–Crippen MR) is 52.7 cm³/mol. The number of aliphatic carboxylic acids is 1. The number of benzene rings is 1. The lowest BCUT2D eigenvalue weighted by atomic mass is 10.2. The number of amides is 1. The van der Waals surface area contributed by atoms with Crippen LogP contribution >= 0.6 is 0 Å². The lowest BCUT2D eigenvalue weighted by Gasteiger charge is -2.04. The molecule has 1 aromatic carbocycles. The molecule has 80 valence electrons. The van der Waals surface area contributed by atoms with Crippen LogP contribution in [0.2, 0.25) is 0 Å². The van der Waals surface area contributed by atoms with Gasteiger partial charge in [0.15, 0.2) is 0 Å². The minimum Gasteiger partial charge on any atom is -0.493 e. The van der Waals surface area contributed by atoms with Crippen LogP contribution in [0.15, 0.2) is 24.3 Å². The van der Waals surface area contributed by atoms with Crippen molar-refractivity contribution < 1.29 is 19.4 Å². The number of carboxylic acid groups (broad SMARTS) is 1. The third kappa shape index (κ3) is 3.68. The number of nitrogens with two attached hydrogens (primary N) is 1. The van der Waals surface area contributed by atoms with E-state index >= 15 is 0 Å². The van der Waals surface area contributed by atoms with E-state index in [0.717, 1.165) is 0 Å². The molecule has 0 bridgehead atoms. The zero-order valence-corrected chi connectivity index (χ0v) is 7.97. The van der Waals surface area contributed by atoms with Crippen LogP contribution in [0, 0.1) is 0 Å². The SMILES string of the molecule is NC(=O)c1ccc(OCCC(=O)O)cc1. The smallest absolute Gasteiger partial charge is 0.306 e. The number of ether oxygens (including phenoxy) is 1. The molecule has 1 amide bonds. The standard InChI is InChI=1S/C10H11NO4/c11-10(14)7-1-3-8(4-2-7)15-6-5-9(12)13/h1-4H,5-6H2,(H2,11,14)(H,12,13). The summed E-state index contributed by atoms with van der Waals surface area (Å²) in [5, 5.41) is 8.37. The van der Waals surface area contributed by atoms with Crippen LogP contribution in [0.1, 0.15) is 16.8 Å². The lowest BCUT2D eigenvalue weighted by Crippen LogP contribution is -2.10. The molecule has 0 aliphatic carbocycles. The van der Waals surface area contributed by atoms with Crippen molar-refractivity contribution in [3.05, 3.63) is 29.8 Å². The van der Waals surface area contributed by atoms with Crippen LogP contribution in [-0.2, 0) is 4.79 Å². The fourth-order valence-corrected chi connectivity index (χ4v) is 0.972. The Labute approximate surface area is 86.5 Å². The van der Waals surface area contributed by atoms with Crippen LogP contribution in [0.5, 0.6) is 5.75 Å². The number of rotatable bonds is 5. The molecule has 3 N–H and O–H groups in total. The summed E-state index contributed by atoms with van der Waals surface area (Å²) in [6.45, 7) is 0.102. The highest BCUT2D eigenvalue weighted by Gasteiger charge is 2.01. The van der Waals surface area contributed by atoms with E-state index in [4.69, 9.17) is 15.6 Å². The Morgan fingerprint density at radius 2 is 1.87 bits per heavy atom. The van der Waals surface area contributed by atoms with Crippen molar-refractivity contribution in [1.82, 2.24) is 0 Å². The molecular weight excluding hydrogens is 198 g/mol. The van der Waals surface area contributed by atoms with Crippen LogP contribution in [0.25, 0.3) is 0 Å². The van der Waals surface area contributed by atoms with Crippen molar-refractivity contribution in [2.75, 3.05) is 6.61 Å². The van der Waals surface area contributed by atoms with Gasteiger partial charge in [0.2, 0.25) is 5.91 Å².